The molecule has 4 rings (SSSR count). The minimum absolute atomic E-state index is 0.0447. The van der Waals surface area contributed by atoms with Crippen LogP contribution in [0.1, 0.15) is 42.7 Å². The van der Waals surface area contributed by atoms with Crippen molar-refractivity contribution in [1.29, 1.82) is 0 Å². The van der Waals surface area contributed by atoms with Gasteiger partial charge in [0.1, 0.15) is 11.9 Å². The average molecular weight is 380 g/mol. The van der Waals surface area contributed by atoms with Gasteiger partial charge in [0, 0.05) is 12.1 Å². The third-order valence-electron chi connectivity index (χ3n) is 6.42. The highest BCUT2D eigenvalue weighted by atomic mass is 16.5. The number of piperidine rings is 1. The van der Waals surface area contributed by atoms with Gasteiger partial charge < -0.3 is 14.4 Å². The van der Waals surface area contributed by atoms with Crippen molar-refractivity contribution in [3.63, 3.8) is 0 Å². The Hall–Kier alpha value is -2.33. The molecule has 2 aliphatic rings. The molecule has 4 heteroatoms. The first-order valence-electron chi connectivity index (χ1n) is 10.2. The van der Waals surface area contributed by atoms with E-state index in [2.05, 4.69) is 11.9 Å². The third-order valence-corrected chi connectivity index (χ3v) is 6.42. The molecular weight excluding hydrogens is 350 g/mol. The summed E-state index contributed by atoms with van der Waals surface area (Å²) in [5, 5.41) is 0. The topological polar surface area (TPSA) is 38.8 Å². The molecule has 0 spiro atoms. The molecule has 2 aromatic rings. The van der Waals surface area contributed by atoms with Gasteiger partial charge in [0.05, 0.1) is 13.0 Å². The number of nitrogens with zero attached hydrogens (tertiary/aromatic N) is 1. The first kappa shape index (κ1) is 19.0. The zero-order valence-electron chi connectivity index (χ0n) is 16.7. The number of rotatable bonds is 6. The lowest BCUT2D eigenvalue weighted by molar-refractivity contribution is -0.154. The van der Waals surface area contributed by atoms with Crippen LogP contribution in [0.2, 0.25) is 0 Å². The first-order chi connectivity index (χ1) is 13.6. The highest BCUT2D eigenvalue weighted by Crippen LogP contribution is 2.36. The second-order valence-corrected chi connectivity index (χ2v) is 8.10. The van der Waals surface area contributed by atoms with Crippen LogP contribution in [0, 0.1) is 0 Å². The standard InChI is InChI=1S/C24H29NO3/c1-25-19-10-11-20(25)16-22(15-19)28-24(26)23(18-6-4-3-5-7-18)14-17-8-12-21(27-2)13-9-17/h3-9,12-13,19-20,22-23H,10-11,14-16H2,1-2H3/t19-,20+,22+,23?. The predicted molar refractivity (Wildman–Crippen MR) is 110 cm³/mol. The van der Waals surface area contributed by atoms with Gasteiger partial charge in [-0.1, -0.05) is 42.5 Å². The molecule has 2 aromatic carbocycles. The predicted octanol–water partition coefficient (Wildman–Crippen LogP) is 4.19. The fraction of sp³-hybridized carbons (Fsp3) is 0.458. The molecule has 2 bridgehead atoms. The van der Waals surface area contributed by atoms with Crippen LogP contribution in [0.25, 0.3) is 0 Å². The first-order valence-corrected chi connectivity index (χ1v) is 10.2. The van der Waals surface area contributed by atoms with Crippen LogP contribution in [-0.2, 0) is 16.0 Å². The van der Waals surface area contributed by atoms with E-state index in [-0.39, 0.29) is 18.0 Å². The highest BCUT2D eigenvalue weighted by molar-refractivity contribution is 5.78. The maximum absolute atomic E-state index is 13.2. The van der Waals surface area contributed by atoms with Crippen molar-refractivity contribution in [1.82, 2.24) is 4.90 Å². The molecular formula is C24H29NO3. The molecule has 148 valence electrons. The van der Waals surface area contributed by atoms with Crippen LogP contribution in [0.3, 0.4) is 0 Å². The van der Waals surface area contributed by atoms with E-state index in [1.54, 1.807) is 7.11 Å². The summed E-state index contributed by atoms with van der Waals surface area (Å²) in [5.74, 6) is 0.437. The number of carbonyl (C=O) groups excluding carboxylic acids is 1. The Kier molecular flexibility index (Phi) is 5.67. The van der Waals surface area contributed by atoms with Crippen LogP contribution in [0.15, 0.2) is 54.6 Å². The van der Waals surface area contributed by atoms with Crippen molar-refractivity contribution in [2.75, 3.05) is 14.2 Å². The van der Waals surface area contributed by atoms with Crippen LogP contribution >= 0.6 is 0 Å². The molecule has 0 aromatic heterocycles. The normalized spacial score (nSPS) is 25.3. The third kappa shape index (κ3) is 4.07. The fourth-order valence-corrected chi connectivity index (χ4v) is 4.72. The molecule has 2 saturated heterocycles. The lowest BCUT2D eigenvalue weighted by Crippen LogP contribution is -2.43. The molecule has 2 heterocycles. The van der Waals surface area contributed by atoms with E-state index < -0.39 is 0 Å². The molecule has 0 amide bonds. The molecule has 0 N–H and O–H groups in total. The van der Waals surface area contributed by atoms with Gasteiger partial charge in [-0.15, -0.1) is 0 Å². The van der Waals surface area contributed by atoms with Crippen LogP contribution in [0.4, 0.5) is 0 Å². The maximum Gasteiger partial charge on any atom is 0.314 e. The van der Waals surface area contributed by atoms with Crippen molar-refractivity contribution in [3.8, 4) is 5.75 Å². The van der Waals surface area contributed by atoms with Crippen LogP contribution < -0.4 is 4.74 Å². The summed E-state index contributed by atoms with van der Waals surface area (Å²) in [7, 11) is 3.87. The summed E-state index contributed by atoms with van der Waals surface area (Å²) in [6.07, 6.45) is 5.05. The summed E-state index contributed by atoms with van der Waals surface area (Å²) < 4.78 is 11.3. The molecule has 28 heavy (non-hydrogen) atoms. The molecule has 1 unspecified atom stereocenters. The summed E-state index contributed by atoms with van der Waals surface area (Å²) in [6, 6.07) is 19.1. The van der Waals surface area contributed by atoms with Crippen molar-refractivity contribution in [3.05, 3.63) is 65.7 Å². The quantitative estimate of drug-likeness (QED) is 0.706. The zero-order chi connectivity index (χ0) is 19.5. The summed E-state index contributed by atoms with van der Waals surface area (Å²) in [4.78, 5) is 15.7. The maximum atomic E-state index is 13.2. The Balaban J connectivity index is 1.49. The molecule has 0 aliphatic carbocycles. The van der Waals surface area contributed by atoms with Gasteiger partial charge in [-0.2, -0.15) is 0 Å². The monoisotopic (exact) mass is 379 g/mol. The van der Waals surface area contributed by atoms with Crippen molar-refractivity contribution < 1.29 is 14.3 Å². The van der Waals surface area contributed by atoms with Crippen molar-refractivity contribution in [2.45, 2.75) is 56.2 Å². The molecule has 2 fully saturated rings. The molecule has 4 nitrogen and oxygen atoms in total. The molecule has 0 saturated carbocycles. The van der Waals surface area contributed by atoms with E-state index >= 15 is 0 Å². The summed E-state index contributed by atoms with van der Waals surface area (Å²) >= 11 is 0. The van der Waals surface area contributed by atoms with Crippen molar-refractivity contribution in [2.24, 2.45) is 0 Å². The number of fused-ring (bicyclic) bond motifs is 2. The lowest BCUT2D eigenvalue weighted by atomic mass is 9.91. The van der Waals surface area contributed by atoms with Gasteiger partial charge in [-0.05, 0) is 62.4 Å². The SMILES string of the molecule is COc1ccc(CC(C(=O)O[C@H]2C[C@H]3CC[C@@H](C2)N3C)c2ccccc2)cc1. The highest BCUT2D eigenvalue weighted by Gasteiger charge is 2.40. The minimum Gasteiger partial charge on any atom is -0.497 e. The second-order valence-electron chi connectivity index (χ2n) is 8.10. The van der Waals surface area contributed by atoms with Crippen molar-refractivity contribution >= 4 is 5.97 Å². The van der Waals surface area contributed by atoms with E-state index in [4.69, 9.17) is 9.47 Å². The Labute approximate surface area is 167 Å². The average Bonchev–Trinajstić information content (AvgIpc) is 2.93. The van der Waals surface area contributed by atoms with E-state index in [9.17, 15) is 4.79 Å². The molecule has 4 atom stereocenters. The van der Waals surface area contributed by atoms with E-state index in [0.29, 0.717) is 18.5 Å². The van der Waals surface area contributed by atoms with Gasteiger partial charge in [0.25, 0.3) is 0 Å². The summed E-state index contributed by atoms with van der Waals surface area (Å²) in [5.41, 5.74) is 2.12. The van der Waals surface area contributed by atoms with E-state index in [1.165, 1.54) is 12.8 Å². The van der Waals surface area contributed by atoms with Gasteiger partial charge in [0.2, 0.25) is 0 Å². The summed E-state index contributed by atoms with van der Waals surface area (Å²) in [6.45, 7) is 0. The smallest absolute Gasteiger partial charge is 0.314 e. The number of esters is 1. The molecule has 0 radical (unpaired) electrons. The van der Waals surface area contributed by atoms with Gasteiger partial charge in [-0.25, -0.2) is 0 Å². The lowest BCUT2D eigenvalue weighted by Gasteiger charge is -2.36. The Morgan fingerprint density at radius 1 is 1.04 bits per heavy atom. The number of ether oxygens (including phenoxy) is 2. The van der Waals surface area contributed by atoms with E-state index in [0.717, 1.165) is 29.7 Å². The Morgan fingerprint density at radius 2 is 1.68 bits per heavy atom. The number of benzene rings is 2. The Morgan fingerprint density at radius 3 is 2.29 bits per heavy atom. The number of hydrogen-bond donors (Lipinski definition) is 0. The fourth-order valence-electron chi connectivity index (χ4n) is 4.72. The largest absolute Gasteiger partial charge is 0.497 e. The number of hydrogen-bond acceptors (Lipinski definition) is 4. The van der Waals surface area contributed by atoms with Gasteiger partial charge >= 0.3 is 5.97 Å². The van der Waals surface area contributed by atoms with Gasteiger partial charge in [0.15, 0.2) is 0 Å². The Bertz CT molecular complexity index is 775. The van der Waals surface area contributed by atoms with Crippen LogP contribution in [0.5, 0.6) is 5.75 Å². The number of carbonyl (C=O) groups is 1. The molecule has 2 aliphatic heterocycles. The van der Waals surface area contributed by atoms with Gasteiger partial charge in [-0.3, -0.25) is 4.79 Å². The van der Waals surface area contributed by atoms with E-state index in [1.807, 2.05) is 54.6 Å². The minimum atomic E-state index is -0.285. The number of methoxy groups -OCH3 is 1. The van der Waals surface area contributed by atoms with Crippen LogP contribution in [-0.4, -0.2) is 43.2 Å². The second kappa shape index (κ2) is 8.36. The zero-order valence-corrected chi connectivity index (χ0v) is 16.7.